The van der Waals surface area contributed by atoms with Gasteiger partial charge in [-0.3, -0.25) is 4.79 Å². The SMILES string of the molecule is Cc1ccccc1C(O)CNC(=O)c1ccc(C2(C#N)CC2)cc1. The zero-order chi connectivity index (χ0) is 17.2. The van der Waals surface area contributed by atoms with Gasteiger partial charge in [0, 0.05) is 12.1 Å². The van der Waals surface area contributed by atoms with Gasteiger partial charge in [-0.1, -0.05) is 36.4 Å². The quantitative estimate of drug-likeness (QED) is 0.889. The Morgan fingerprint density at radius 2 is 1.92 bits per heavy atom. The lowest BCUT2D eigenvalue weighted by Gasteiger charge is -2.15. The molecular formula is C20H20N2O2. The number of nitrogens with one attached hydrogen (secondary N) is 1. The van der Waals surface area contributed by atoms with Gasteiger partial charge in [-0.05, 0) is 48.6 Å². The molecule has 0 radical (unpaired) electrons. The highest BCUT2D eigenvalue weighted by molar-refractivity contribution is 5.94. The lowest BCUT2D eigenvalue weighted by Crippen LogP contribution is -2.28. The van der Waals surface area contributed by atoms with Crippen molar-refractivity contribution in [1.82, 2.24) is 5.32 Å². The molecule has 122 valence electrons. The fourth-order valence-corrected chi connectivity index (χ4v) is 2.89. The molecule has 3 rings (SSSR count). The first-order valence-corrected chi connectivity index (χ1v) is 8.09. The first-order valence-electron chi connectivity index (χ1n) is 8.09. The summed E-state index contributed by atoms with van der Waals surface area (Å²) in [5.74, 6) is -0.226. The fraction of sp³-hybridized carbons (Fsp3) is 0.300. The van der Waals surface area contributed by atoms with Crippen molar-refractivity contribution in [3.63, 3.8) is 0 Å². The highest BCUT2D eigenvalue weighted by Crippen LogP contribution is 2.47. The van der Waals surface area contributed by atoms with Gasteiger partial charge < -0.3 is 10.4 Å². The molecule has 2 aromatic rings. The topological polar surface area (TPSA) is 73.1 Å². The second kappa shape index (κ2) is 6.46. The van der Waals surface area contributed by atoms with E-state index in [0.29, 0.717) is 5.56 Å². The molecule has 4 heteroatoms. The number of nitriles is 1. The van der Waals surface area contributed by atoms with Gasteiger partial charge in [-0.2, -0.15) is 5.26 Å². The number of aliphatic hydroxyl groups excluding tert-OH is 1. The van der Waals surface area contributed by atoms with Crippen LogP contribution >= 0.6 is 0 Å². The summed E-state index contributed by atoms with van der Waals surface area (Å²) >= 11 is 0. The summed E-state index contributed by atoms with van der Waals surface area (Å²) in [6.45, 7) is 2.09. The number of nitrogens with zero attached hydrogens (tertiary/aromatic N) is 1. The van der Waals surface area contributed by atoms with E-state index in [9.17, 15) is 15.2 Å². The monoisotopic (exact) mass is 320 g/mol. The van der Waals surface area contributed by atoms with E-state index in [0.717, 1.165) is 29.5 Å². The van der Waals surface area contributed by atoms with Gasteiger partial charge in [0.2, 0.25) is 0 Å². The Morgan fingerprint density at radius 1 is 1.25 bits per heavy atom. The fourth-order valence-electron chi connectivity index (χ4n) is 2.89. The maximum atomic E-state index is 12.2. The first-order chi connectivity index (χ1) is 11.6. The van der Waals surface area contributed by atoms with Crippen LogP contribution < -0.4 is 5.32 Å². The van der Waals surface area contributed by atoms with Gasteiger partial charge in [-0.25, -0.2) is 0 Å². The molecule has 0 bridgehead atoms. The number of hydrogen-bond donors (Lipinski definition) is 2. The van der Waals surface area contributed by atoms with Gasteiger partial charge in [0.15, 0.2) is 0 Å². The van der Waals surface area contributed by atoms with Crippen LogP contribution in [0.15, 0.2) is 48.5 Å². The molecule has 0 aromatic heterocycles. The van der Waals surface area contributed by atoms with Crippen molar-refractivity contribution in [3.8, 4) is 6.07 Å². The third kappa shape index (κ3) is 3.17. The minimum absolute atomic E-state index is 0.160. The van der Waals surface area contributed by atoms with Crippen molar-refractivity contribution in [3.05, 3.63) is 70.8 Å². The van der Waals surface area contributed by atoms with E-state index in [1.54, 1.807) is 12.1 Å². The predicted molar refractivity (Wildman–Crippen MR) is 91.4 cm³/mol. The van der Waals surface area contributed by atoms with Crippen LogP contribution in [0.4, 0.5) is 0 Å². The summed E-state index contributed by atoms with van der Waals surface area (Å²) in [7, 11) is 0. The highest BCUT2D eigenvalue weighted by Gasteiger charge is 2.44. The van der Waals surface area contributed by atoms with Crippen LogP contribution in [-0.4, -0.2) is 17.6 Å². The number of aliphatic hydroxyl groups is 1. The Kier molecular flexibility index (Phi) is 4.37. The van der Waals surface area contributed by atoms with Gasteiger partial charge >= 0.3 is 0 Å². The van der Waals surface area contributed by atoms with Crippen LogP contribution in [0.25, 0.3) is 0 Å². The van der Waals surface area contributed by atoms with E-state index >= 15 is 0 Å². The van der Waals surface area contributed by atoms with Crippen LogP contribution in [-0.2, 0) is 5.41 Å². The van der Waals surface area contributed by atoms with Gasteiger partial charge in [0.1, 0.15) is 0 Å². The van der Waals surface area contributed by atoms with Crippen molar-refractivity contribution >= 4 is 5.91 Å². The maximum Gasteiger partial charge on any atom is 0.251 e. The number of carbonyl (C=O) groups excluding carboxylic acids is 1. The predicted octanol–water partition coefficient (Wildman–Crippen LogP) is 3.01. The normalized spacial score (nSPS) is 16.0. The molecule has 1 amide bonds. The zero-order valence-corrected chi connectivity index (χ0v) is 13.6. The summed E-state index contributed by atoms with van der Waals surface area (Å²) in [5, 5.41) is 22.2. The molecule has 2 N–H and O–H groups in total. The number of benzene rings is 2. The maximum absolute atomic E-state index is 12.2. The number of aryl methyl sites for hydroxylation is 1. The smallest absolute Gasteiger partial charge is 0.251 e. The van der Waals surface area contributed by atoms with Crippen molar-refractivity contribution in [1.29, 1.82) is 5.26 Å². The molecular weight excluding hydrogens is 300 g/mol. The minimum Gasteiger partial charge on any atom is -0.387 e. The minimum atomic E-state index is -0.734. The molecule has 1 fully saturated rings. The Bertz CT molecular complexity index is 786. The lowest BCUT2D eigenvalue weighted by atomic mass is 9.96. The Morgan fingerprint density at radius 3 is 2.50 bits per heavy atom. The third-order valence-corrected chi connectivity index (χ3v) is 4.67. The summed E-state index contributed by atoms with van der Waals surface area (Å²) in [6.07, 6.45) is 1.04. The number of hydrogen-bond acceptors (Lipinski definition) is 3. The Labute approximate surface area is 141 Å². The Hall–Kier alpha value is -2.64. The van der Waals surface area contributed by atoms with Crippen LogP contribution in [0.5, 0.6) is 0 Å². The highest BCUT2D eigenvalue weighted by atomic mass is 16.3. The Balaban J connectivity index is 1.61. The molecule has 0 saturated heterocycles. The number of amides is 1. The number of carbonyl (C=O) groups is 1. The average molecular weight is 320 g/mol. The van der Waals surface area contributed by atoms with Crippen LogP contribution in [0.3, 0.4) is 0 Å². The van der Waals surface area contributed by atoms with E-state index in [2.05, 4.69) is 11.4 Å². The van der Waals surface area contributed by atoms with Crippen molar-refractivity contribution in [2.24, 2.45) is 0 Å². The van der Waals surface area contributed by atoms with Crippen molar-refractivity contribution in [2.45, 2.75) is 31.3 Å². The van der Waals surface area contributed by atoms with Crippen LogP contribution in [0.1, 0.15) is 46.0 Å². The molecule has 1 aliphatic rings. The van der Waals surface area contributed by atoms with Crippen LogP contribution in [0, 0.1) is 18.3 Å². The summed E-state index contributed by atoms with van der Waals surface area (Å²) in [5.41, 5.74) is 2.98. The molecule has 1 saturated carbocycles. The molecule has 1 unspecified atom stereocenters. The second-order valence-electron chi connectivity index (χ2n) is 6.35. The van der Waals surface area contributed by atoms with Gasteiger partial charge in [0.25, 0.3) is 5.91 Å². The van der Waals surface area contributed by atoms with Crippen LogP contribution in [0.2, 0.25) is 0 Å². The van der Waals surface area contributed by atoms with E-state index < -0.39 is 6.10 Å². The molecule has 0 spiro atoms. The molecule has 4 nitrogen and oxygen atoms in total. The van der Waals surface area contributed by atoms with E-state index in [-0.39, 0.29) is 17.9 Å². The summed E-state index contributed by atoms with van der Waals surface area (Å²) in [6, 6.07) is 17.1. The molecule has 0 aliphatic heterocycles. The van der Waals surface area contributed by atoms with Gasteiger partial charge in [0.05, 0.1) is 17.6 Å². The second-order valence-corrected chi connectivity index (χ2v) is 6.35. The van der Waals surface area contributed by atoms with Gasteiger partial charge in [-0.15, -0.1) is 0 Å². The van der Waals surface area contributed by atoms with E-state index in [1.807, 2.05) is 43.3 Å². The standard InChI is InChI=1S/C20H20N2O2/c1-14-4-2-3-5-17(14)18(23)12-22-19(24)15-6-8-16(9-7-15)20(13-21)10-11-20/h2-9,18,23H,10-12H2,1H3,(H,22,24). The largest absolute Gasteiger partial charge is 0.387 e. The van der Waals surface area contributed by atoms with Crippen molar-refractivity contribution in [2.75, 3.05) is 6.54 Å². The first kappa shape index (κ1) is 16.2. The third-order valence-electron chi connectivity index (χ3n) is 4.67. The lowest BCUT2D eigenvalue weighted by molar-refractivity contribution is 0.0916. The molecule has 1 atom stereocenters. The van der Waals surface area contributed by atoms with E-state index in [4.69, 9.17) is 0 Å². The summed E-state index contributed by atoms with van der Waals surface area (Å²) in [4.78, 5) is 12.2. The van der Waals surface area contributed by atoms with E-state index in [1.165, 1.54) is 0 Å². The molecule has 24 heavy (non-hydrogen) atoms. The zero-order valence-electron chi connectivity index (χ0n) is 13.6. The average Bonchev–Trinajstić information content (AvgIpc) is 3.41. The number of rotatable bonds is 5. The molecule has 1 aliphatic carbocycles. The van der Waals surface area contributed by atoms with Crippen molar-refractivity contribution < 1.29 is 9.90 Å². The molecule has 0 heterocycles. The molecule has 2 aromatic carbocycles. The summed E-state index contributed by atoms with van der Waals surface area (Å²) < 4.78 is 0.